The van der Waals surface area contributed by atoms with E-state index < -0.39 is 11.8 Å². The summed E-state index contributed by atoms with van der Waals surface area (Å²) in [4.78, 5) is 51.5. The summed E-state index contributed by atoms with van der Waals surface area (Å²) in [6, 6.07) is 4.79. The first kappa shape index (κ1) is 35.2. The number of amides is 2. The highest BCUT2D eigenvalue weighted by molar-refractivity contribution is 6.18. The number of carbonyl (C=O) groups excluding carboxylic acids is 4. The second-order valence-corrected chi connectivity index (χ2v) is 10.5. The topological polar surface area (TPSA) is 153 Å². The molecule has 0 heterocycles. The van der Waals surface area contributed by atoms with E-state index in [2.05, 4.69) is 21.3 Å². The van der Waals surface area contributed by atoms with Crippen LogP contribution in [0.2, 0.25) is 0 Å². The van der Waals surface area contributed by atoms with E-state index in [4.69, 9.17) is 18.9 Å². The Morgan fingerprint density at radius 2 is 1.30 bits per heavy atom. The molecule has 0 bridgehead atoms. The molecule has 2 aliphatic carbocycles. The van der Waals surface area contributed by atoms with E-state index in [-0.39, 0.29) is 36.2 Å². The third-order valence-electron chi connectivity index (χ3n) is 7.16. The van der Waals surface area contributed by atoms with Gasteiger partial charge >= 0.3 is 0 Å². The van der Waals surface area contributed by atoms with Crippen molar-refractivity contribution in [1.82, 2.24) is 16.0 Å². The largest absolute Gasteiger partial charge is 0.382 e. The predicted molar refractivity (Wildman–Crippen MR) is 166 cm³/mol. The van der Waals surface area contributed by atoms with Crippen LogP contribution in [0, 0.1) is 11.8 Å². The Morgan fingerprint density at radius 3 is 1.91 bits per heavy atom. The summed E-state index contributed by atoms with van der Waals surface area (Å²) in [5.41, 5.74) is 1.58. The van der Waals surface area contributed by atoms with Crippen LogP contribution in [0.1, 0.15) is 46.4 Å². The fraction of sp³-hybridized carbons (Fsp3) is 0.562. The molecule has 44 heavy (non-hydrogen) atoms. The molecule has 12 nitrogen and oxygen atoms in total. The van der Waals surface area contributed by atoms with E-state index in [9.17, 15) is 19.2 Å². The van der Waals surface area contributed by atoms with Crippen molar-refractivity contribution >= 4 is 29.1 Å². The minimum atomic E-state index is -0.691. The number of benzene rings is 1. The van der Waals surface area contributed by atoms with Gasteiger partial charge in [-0.1, -0.05) is 6.08 Å². The van der Waals surface area contributed by atoms with Gasteiger partial charge < -0.3 is 40.2 Å². The number of rotatable bonds is 22. The minimum absolute atomic E-state index is 0.180. The van der Waals surface area contributed by atoms with Gasteiger partial charge in [0.1, 0.15) is 0 Å². The molecular weight excluding hydrogens is 568 g/mol. The van der Waals surface area contributed by atoms with Crippen molar-refractivity contribution < 1.29 is 38.1 Å². The van der Waals surface area contributed by atoms with Gasteiger partial charge in [-0.05, 0) is 56.3 Å². The maximum Gasteiger partial charge on any atom is 0.225 e. The standard InChI is InChI=1S/C32H46N4O8/c1-41-17-19-43-15-3-11-33-13-9-29(37)35-23-5-7-25-27(21-23)31(39)26-8-6-24(22-28(26)32(25)40)36-30(38)10-14-34-12-4-16-44-20-18-42-2/h5-8,21-22,25,27,33-34H,3-4,9-20H2,1-2H3,(H,35,37)(H,36,38). The number of hydrogen-bond donors (Lipinski definition) is 4. The van der Waals surface area contributed by atoms with Gasteiger partial charge in [0.15, 0.2) is 11.6 Å². The summed E-state index contributed by atoms with van der Waals surface area (Å²) in [7, 11) is 3.26. The van der Waals surface area contributed by atoms with Crippen LogP contribution < -0.4 is 21.3 Å². The normalized spacial score (nSPS) is 17.2. The minimum Gasteiger partial charge on any atom is -0.382 e. The lowest BCUT2D eigenvalue weighted by molar-refractivity contribution is -0.120. The Labute approximate surface area is 259 Å². The SMILES string of the molecule is COCCOCCCNCCC(=O)NC1=CC2C(=O)c3ccc(NC(=O)CCNCCCOCCOC)cc3C(=O)C2C=C1. The Morgan fingerprint density at radius 1 is 0.705 bits per heavy atom. The van der Waals surface area contributed by atoms with Crippen LogP contribution >= 0.6 is 0 Å². The zero-order valence-electron chi connectivity index (χ0n) is 25.8. The van der Waals surface area contributed by atoms with Crippen molar-refractivity contribution in [1.29, 1.82) is 0 Å². The van der Waals surface area contributed by atoms with Gasteiger partial charge in [0.05, 0.1) is 38.3 Å². The molecular formula is C32H46N4O8. The fourth-order valence-electron chi connectivity index (χ4n) is 4.84. The summed E-state index contributed by atoms with van der Waals surface area (Å²) in [5.74, 6) is -2.10. The number of carbonyl (C=O) groups is 4. The maximum atomic E-state index is 13.3. The lowest BCUT2D eigenvalue weighted by Gasteiger charge is -2.30. The lowest BCUT2D eigenvalue weighted by atomic mass is 9.72. The molecule has 0 saturated carbocycles. The first-order valence-corrected chi connectivity index (χ1v) is 15.2. The molecule has 12 heteroatoms. The molecule has 1 aromatic carbocycles. The second-order valence-electron chi connectivity index (χ2n) is 10.5. The van der Waals surface area contributed by atoms with Gasteiger partial charge in [-0.15, -0.1) is 0 Å². The van der Waals surface area contributed by atoms with Gasteiger partial charge in [0.2, 0.25) is 11.8 Å². The van der Waals surface area contributed by atoms with E-state index in [1.807, 2.05) is 0 Å². The number of methoxy groups -OCH3 is 2. The first-order valence-electron chi connectivity index (χ1n) is 15.2. The highest BCUT2D eigenvalue weighted by Gasteiger charge is 2.40. The number of anilines is 1. The molecule has 0 radical (unpaired) electrons. The quantitative estimate of drug-likeness (QED) is 0.142. The Kier molecular flexibility index (Phi) is 15.9. The smallest absolute Gasteiger partial charge is 0.225 e. The number of allylic oxidation sites excluding steroid dienone is 3. The van der Waals surface area contributed by atoms with Crippen molar-refractivity contribution in [3.05, 3.63) is 53.3 Å². The Balaban J connectivity index is 1.42. The fourth-order valence-corrected chi connectivity index (χ4v) is 4.84. The van der Waals surface area contributed by atoms with Crippen LogP contribution in [0.5, 0.6) is 0 Å². The molecule has 4 N–H and O–H groups in total. The molecule has 2 atom stereocenters. The Bertz CT molecular complexity index is 1170. The second kappa shape index (κ2) is 19.9. The lowest BCUT2D eigenvalue weighted by Crippen LogP contribution is -2.37. The van der Waals surface area contributed by atoms with E-state index >= 15 is 0 Å². The zero-order chi connectivity index (χ0) is 31.6. The molecule has 1 aromatic rings. The van der Waals surface area contributed by atoms with Gasteiger partial charge in [-0.25, -0.2) is 0 Å². The van der Waals surface area contributed by atoms with Crippen molar-refractivity contribution in [2.75, 3.05) is 85.4 Å². The molecule has 2 unspecified atom stereocenters. The maximum absolute atomic E-state index is 13.3. The summed E-state index contributed by atoms with van der Waals surface area (Å²) in [5, 5.41) is 12.1. The molecule has 2 aliphatic rings. The van der Waals surface area contributed by atoms with Crippen LogP contribution in [0.15, 0.2) is 42.1 Å². The Hall–Kier alpha value is -3.26. The first-order chi connectivity index (χ1) is 21.4. The van der Waals surface area contributed by atoms with Crippen LogP contribution in [0.25, 0.3) is 0 Å². The third-order valence-corrected chi connectivity index (χ3v) is 7.16. The van der Waals surface area contributed by atoms with Gasteiger partial charge in [-0.2, -0.15) is 0 Å². The number of ether oxygens (including phenoxy) is 4. The van der Waals surface area contributed by atoms with Crippen LogP contribution in [-0.2, 0) is 28.5 Å². The number of fused-ring (bicyclic) bond motifs is 2. The average Bonchev–Trinajstić information content (AvgIpc) is 3.02. The van der Waals surface area contributed by atoms with Crippen molar-refractivity contribution in [2.45, 2.75) is 25.7 Å². The molecule has 3 rings (SSSR count). The molecule has 0 fully saturated rings. The molecule has 0 aliphatic heterocycles. The van der Waals surface area contributed by atoms with E-state index in [1.165, 1.54) is 0 Å². The summed E-state index contributed by atoms with van der Waals surface area (Å²) in [6.45, 7) is 6.00. The predicted octanol–water partition coefficient (Wildman–Crippen LogP) is 1.87. The number of hydrogen-bond acceptors (Lipinski definition) is 10. The summed E-state index contributed by atoms with van der Waals surface area (Å²) < 4.78 is 20.7. The number of Topliss-reactive ketones (excluding diaryl/α,β-unsaturated/α-hetero) is 2. The van der Waals surface area contributed by atoms with Crippen molar-refractivity contribution in [3.63, 3.8) is 0 Å². The zero-order valence-corrected chi connectivity index (χ0v) is 25.8. The van der Waals surface area contributed by atoms with E-state index in [0.717, 1.165) is 25.9 Å². The van der Waals surface area contributed by atoms with Gasteiger partial charge in [0, 0.05) is 75.9 Å². The van der Waals surface area contributed by atoms with E-state index in [1.54, 1.807) is 50.6 Å². The molecule has 0 spiro atoms. The average molecular weight is 615 g/mol. The van der Waals surface area contributed by atoms with Gasteiger partial charge in [-0.3, -0.25) is 19.2 Å². The molecule has 2 amide bonds. The van der Waals surface area contributed by atoms with Crippen molar-refractivity contribution in [2.24, 2.45) is 11.8 Å². The summed E-state index contributed by atoms with van der Waals surface area (Å²) in [6.07, 6.45) is 7.20. The summed E-state index contributed by atoms with van der Waals surface area (Å²) >= 11 is 0. The monoisotopic (exact) mass is 614 g/mol. The number of nitrogens with one attached hydrogen (secondary N) is 4. The highest BCUT2D eigenvalue weighted by Crippen LogP contribution is 2.36. The van der Waals surface area contributed by atoms with Crippen LogP contribution in [0.4, 0.5) is 5.69 Å². The third kappa shape index (κ3) is 11.7. The van der Waals surface area contributed by atoms with Crippen LogP contribution in [0.3, 0.4) is 0 Å². The molecule has 242 valence electrons. The number of ketones is 2. The van der Waals surface area contributed by atoms with Crippen LogP contribution in [-0.4, -0.2) is 103 Å². The molecule has 0 saturated heterocycles. The molecule has 0 aromatic heterocycles. The van der Waals surface area contributed by atoms with Crippen molar-refractivity contribution in [3.8, 4) is 0 Å². The van der Waals surface area contributed by atoms with E-state index in [0.29, 0.717) is 75.2 Å². The highest BCUT2D eigenvalue weighted by atomic mass is 16.5. The van der Waals surface area contributed by atoms with Gasteiger partial charge in [0.25, 0.3) is 0 Å².